The van der Waals surface area contributed by atoms with Crippen LogP contribution in [0.4, 0.5) is 10.1 Å². The number of hydrogen-bond acceptors (Lipinski definition) is 3. The van der Waals surface area contributed by atoms with Crippen molar-refractivity contribution in [2.75, 3.05) is 12.5 Å². The van der Waals surface area contributed by atoms with E-state index in [1.807, 2.05) is 0 Å². The van der Waals surface area contributed by atoms with Gasteiger partial charge in [-0.05, 0) is 28.1 Å². The second kappa shape index (κ2) is 3.73. The Hall–Kier alpha value is -0.810. The van der Waals surface area contributed by atoms with Crippen molar-refractivity contribution in [2.45, 2.75) is 0 Å². The van der Waals surface area contributed by atoms with E-state index in [1.165, 1.54) is 7.11 Å². The molecule has 0 spiro atoms. The number of halogens is 2. The molecule has 0 amide bonds. The largest absolute Gasteiger partial charge is 0.494 e. The third kappa shape index (κ3) is 1.51. The highest BCUT2D eigenvalue weighted by molar-refractivity contribution is 9.10. The van der Waals surface area contributed by atoms with Crippen LogP contribution in [0.3, 0.4) is 0 Å². The van der Waals surface area contributed by atoms with Gasteiger partial charge in [0.05, 0.1) is 11.6 Å². The zero-order chi connectivity index (χ0) is 9.14. The lowest BCUT2D eigenvalue weighted by Crippen LogP contribution is -2.10. The summed E-state index contributed by atoms with van der Waals surface area (Å²) in [6.45, 7) is 0. The zero-order valence-electron chi connectivity index (χ0n) is 6.40. The van der Waals surface area contributed by atoms with Crippen molar-refractivity contribution in [3.05, 3.63) is 22.4 Å². The Labute approximate surface area is 77.8 Å². The van der Waals surface area contributed by atoms with Crippen LogP contribution >= 0.6 is 15.9 Å². The maximum Gasteiger partial charge on any atom is 0.165 e. The van der Waals surface area contributed by atoms with E-state index in [0.717, 1.165) is 0 Å². The van der Waals surface area contributed by atoms with E-state index in [4.69, 9.17) is 10.6 Å². The lowest BCUT2D eigenvalue weighted by Gasteiger charge is -2.08. The molecular weight excluding hydrogens is 227 g/mol. The first-order chi connectivity index (χ1) is 5.70. The average molecular weight is 235 g/mol. The molecule has 0 aliphatic heterocycles. The molecule has 0 atom stereocenters. The van der Waals surface area contributed by atoms with Gasteiger partial charge in [0.1, 0.15) is 11.4 Å². The summed E-state index contributed by atoms with van der Waals surface area (Å²) in [5.41, 5.74) is 2.37. The highest BCUT2D eigenvalue weighted by atomic mass is 79.9. The third-order valence-corrected chi connectivity index (χ3v) is 2.03. The molecule has 0 radical (unpaired) electrons. The summed E-state index contributed by atoms with van der Waals surface area (Å²) < 4.78 is 18.4. The molecule has 0 fully saturated rings. The summed E-state index contributed by atoms with van der Waals surface area (Å²) in [5, 5.41) is 0. The van der Waals surface area contributed by atoms with E-state index in [9.17, 15) is 4.39 Å². The van der Waals surface area contributed by atoms with Crippen LogP contribution in [0.1, 0.15) is 0 Å². The van der Waals surface area contributed by atoms with Crippen LogP contribution in [0.25, 0.3) is 0 Å². The number of rotatable bonds is 2. The van der Waals surface area contributed by atoms with E-state index in [2.05, 4.69) is 21.4 Å². The standard InChI is InChI=1S/C7H8BrFN2O/c1-12-5-3-2-4(8)6(9)7(5)11-10/h2-3,11H,10H2,1H3. The minimum atomic E-state index is -0.461. The normalized spacial score (nSPS) is 9.67. The van der Waals surface area contributed by atoms with E-state index in [1.54, 1.807) is 12.1 Å². The van der Waals surface area contributed by atoms with Gasteiger partial charge in [-0.2, -0.15) is 0 Å². The molecule has 1 rings (SSSR count). The predicted octanol–water partition coefficient (Wildman–Crippen LogP) is 1.88. The molecule has 0 aromatic heterocycles. The fourth-order valence-electron chi connectivity index (χ4n) is 0.838. The second-order valence-electron chi connectivity index (χ2n) is 2.08. The maximum absolute atomic E-state index is 13.2. The quantitative estimate of drug-likeness (QED) is 0.607. The lowest BCUT2D eigenvalue weighted by molar-refractivity contribution is 0.413. The Kier molecular flexibility index (Phi) is 2.88. The van der Waals surface area contributed by atoms with Gasteiger partial charge in [-0.1, -0.05) is 0 Å². The fourth-order valence-corrected chi connectivity index (χ4v) is 1.17. The topological polar surface area (TPSA) is 47.3 Å². The Morgan fingerprint density at radius 3 is 2.75 bits per heavy atom. The van der Waals surface area contributed by atoms with Gasteiger partial charge in [0, 0.05) is 0 Å². The summed E-state index contributed by atoms with van der Waals surface area (Å²) in [7, 11) is 1.45. The molecule has 3 nitrogen and oxygen atoms in total. The van der Waals surface area contributed by atoms with E-state index in [-0.39, 0.29) is 5.69 Å². The summed E-state index contributed by atoms with van der Waals surface area (Å²) in [4.78, 5) is 0. The van der Waals surface area contributed by atoms with E-state index in [0.29, 0.717) is 10.2 Å². The Bertz CT molecular complexity index is 293. The molecule has 3 N–H and O–H groups in total. The first-order valence-corrected chi connectivity index (χ1v) is 3.98. The van der Waals surface area contributed by atoms with Gasteiger partial charge in [0.15, 0.2) is 5.82 Å². The molecule has 1 aromatic carbocycles. The van der Waals surface area contributed by atoms with Gasteiger partial charge in [-0.25, -0.2) is 4.39 Å². The van der Waals surface area contributed by atoms with Crippen molar-refractivity contribution in [3.8, 4) is 5.75 Å². The number of hydrogen-bond donors (Lipinski definition) is 2. The van der Waals surface area contributed by atoms with Crippen LogP contribution in [-0.4, -0.2) is 7.11 Å². The summed E-state index contributed by atoms with van der Waals surface area (Å²) in [6.07, 6.45) is 0. The minimum Gasteiger partial charge on any atom is -0.494 e. The monoisotopic (exact) mass is 234 g/mol. The van der Waals surface area contributed by atoms with Crippen molar-refractivity contribution in [1.29, 1.82) is 0 Å². The predicted molar refractivity (Wildman–Crippen MR) is 48.5 cm³/mol. The molecule has 0 aliphatic rings. The van der Waals surface area contributed by atoms with Crippen LogP contribution in [0.15, 0.2) is 16.6 Å². The zero-order valence-corrected chi connectivity index (χ0v) is 7.98. The number of ether oxygens (including phenoxy) is 1. The smallest absolute Gasteiger partial charge is 0.165 e. The third-order valence-electron chi connectivity index (χ3n) is 1.42. The highest BCUT2D eigenvalue weighted by Gasteiger charge is 2.10. The van der Waals surface area contributed by atoms with Gasteiger partial charge in [-0.15, -0.1) is 0 Å². The maximum atomic E-state index is 13.2. The second-order valence-corrected chi connectivity index (χ2v) is 2.94. The summed E-state index contributed by atoms with van der Waals surface area (Å²) >= 11 is 3.02. The van der Waals surface area contributed by atoms with Crippen LogP contribution in [0, 0.1) is 5.82 Å². The van der Waals surface area contributed by atoms with Gasteiger partial charge in [0.25, 0.3) is 0 Å². The average Bonchev–Trinajstić information content (AvgIpc) is 2.09. The van der Waals surface area contributed by atoms with Crippen LogP contribution in [0.2, 0.25) is 0 Å². The molecule has 12 heavy (non-hydrogen) atoms. The lowest BCUT2D eigenvalue weighted by atomic mass is 10.3. The molecule has 0 aliphatic carbocycles. The first-order valence-electron chi connectivity index (χ1n) is 3.19. The number of nitrogens with one attached hydrogen (secondary N) is 1. The van der Waals surface area contributed by atoms with Crippen LogP contribution in [0.5, 0.6) is 5.75 Å². The number of methoxy groups -OCH3 is 1. The SMILES string of the molecule is COc1ccc(Br)c(F)c1NN. The number of benzene rings is 1. The van der Waals surface area contributed by atoms with Gasteiger partial charge in [0.2, 0.25) is 0 Å². The van der Waals surface area contributed by atoms with Crippen molar-refractivity contribution < 1.29 is 9.13 Å². The van der Waals surface area contributed by atoms with Gasteiger partial charge in [-0.3, -0.25) is 5.84 Å². The Balaban J connectivity index is 3.25. The molecular formula is C7H8BrFN2O. The first kappa shape index (κ1) is 9.28. The number of nitrogen functional groups attached to an aromatic ring is 1. The Morgan fingerprint density at radius 2 is 2.25 bits per heavy atom. The molecule has 0 unspecified atom stereocenters. The van der Waals surface area contributed by atoms with Crippen molar-refractivity contribution in [1.82, 2.24) is 0 Å². The molecule has 0 saturated carbocycles. The van der Waals surface area contributed by atoms with Crippen molar-refractivity contribution in [2.24, 2.45) is 5.84 Å². The van der Waals surface area contributed by atoms with Crippen molar-refractivity contribution in [3.63, 3.8) is 0 Å². The molecule has 1 aromatic rings. The van der Waals surface area contributed by atoms with Crippen LogP contribution in [-0.2, 0) is 0 Å². The minimum absolute atomic E-state index is 0.145. The summed E-state index contributed by atoms with van der Waals surface area (Å²) in [6, 6.07) is 3.16. The number of hydrazine groups is 1. The van der Waals surface area contributed by atoms with E-state index < -0.39 is 5.82 Å². The molecule has 66 valence electrons. The molecule has 0 bridgehead atoms. The number of anilines is 1. The Morgan fingerprint density at radius 1 is 1.58 bits per heavy atom. The molecule has 0 heterocycles. The molecule has 0 saturated heterocycles. The fraction of sp³-hybridized carbons (Fsp3) is 0.143. The molecule has 5 heteroatoms. The highest BCUT2D eigenvalue weighted by Crippen LogP contribution is 2.31. The van der Waals surface area contributed by atoms with Gasteiger partial charge >= 0.3 is 0 Å². The van der Waals surface area contributed by atoms with Crippen molar-refractivity contribution >= 4 is 21.6 Å². The van der Waals surface area contributed by atoms with Gasteiger partial charge < -0.3 is 10.2 Å². The number of nitrogens with two attached hydrogens (primary N) is 1. The van der Waals surface area contributed by atoms with Crippen LogP contribution < -0.4 is 16.0 Å². The van der Waals surface area contributed by atoms with E-state index >= 15 is 0 Å². The summed E-state index contributed by atoms with van der Waals surface area (Å²) in [5.74, 6) is 5.02.